The first-order valence-electron chi connectivity index (χ1n) is 11.0. The molecule has 166 valence electrons. The Kier molecular flexibility index (Phi) is 7.14. The molecule has 2 saturated heterocycles. The topological polar surface area (TPSA) is 78.4 Å². The minimum Gasteiger partial charge on any atom is -0.378 e. The van der Waals surface area contributed by atoms with Gasteiger partial charge in [-0.1, -0.05) is 19.9 Å². The maximum atomic E-state index is 5.52. The molecule has 0 spiro atoms. The molecule has 4 heterocycles. The van der Waals surface area contributed by atoms with Gasteiger partial charge in [-0.15, -0.1) is 0 Å². The van der Waals surface area contributed by atoms with E-state index in [1.165, 1.54) is 6.42 Å². The van der Waals surface area contributed by atoms with Crippen LogP contribution in [0.15, 0.2) is 30.6 Å². The Bertz CT molecular complexity index is 865. The summed E-state index contributed by atoms with van der Waals surface area (Å²) in [7, 11) is 0. The van der Waals surface area contributed by atoms with Gasteiger partial charge in [-0.3, -0.25) is 4.98 Å². The van der Waals surface area contributed by atoms with Crippen LogP contribution in [-0.4, -0.2) is 59.5 Å². The van der Waals surface area contributed by atoms with Crippen molar-refractivity contribution >= 4 is 34.9 Å². The zero-order chi connectivity index (χ0) is 21.6. The highest BCUT2D eigenvalue weighted by molar-refractivity contribution is 7.80. The summed E-state index contributed by atoms with van der Waals surface area (Å²) in [5.74, 6) is 3.67. The molecule has 0 aliphatic carbocycles. The van der Waals surface area contributed by atoms with Gasteiger partial charge in [0.15, 0.2) is 5.11 Å². The van der Waals surface area contributed by atoms with Crippen LogP contribution >= 0.6 is 12.2 Å². The van der Waals surface area contributed by atoms with Crippen LogP contribution in [0.2, 0.25) is 0 Å². The monoisotopic (exact) mass is 441 g/mol. The predicted molar refractivity (Wildman–Crippen MR) is 128 cm³/mol. The summed E-state index contributed by atoms with van der Waals surface area (Å²) in [4.78, 5) is 18.4. The van der Waals surface area contributed by atoms with Crippen LogP contribution in [0, 0.1) is 11.8 Å². The second kappa shape index (κ2) is 10.2. The number of ether oxygens (including phenoxy) is 1. The number of hydrogen-bond donors (Lipinski definition) is 2. The van der Waals surface area contributed by atoms with Crippen molar-refractivity contribution in [2.45, 2.75) is 26.8 Å². The number of anilines is 3. The molecular weight excluding hydrogens is 410 g/mol. The largest absolute Gasteiger partial charge is 0.378 e. The highest BCUT2D eigenvalue weighted by atomic mass is 32.1. The molecule has 9 heteroatoms. The fourth-order valence-corrected chi connectivity index (χ4v) is 4.44. The normalized spacial score (nSPS) is 21.6. The van der Waals surface area contributed by atoms with Gasteiger partial charge in [-0.2, -0.15) is 9.97 Å². The second-order valence-corrected chi connectivity index (χ2v) is 8.94. The number of aromatic nitrogens is 3. The van der Waals surface area contributed by atoms with Gasteiger partial charge in [0.1, 0.15) is 11.6 Å². The zero-order valence-corrected chi connectivity index (χ0v) is 19.1. The number of thiocarbonyl (C=S) groups is 1. The van der Waals surface area contributed by atoms with Gasteiger partial charge >= 0.3 is 0 Å². The predicted octanol–water partition coefficient (Wildman–Crippen LogP) is 2.68. The number of morpholine rings is 1. The number of piperidine rings is 1. The summed E-state index contributed by atoms with van der Waals surface area (Å²) in [6.07, 6.45) is 4.84. The molecule has 2 aliphatic heterocycles. The standard InChI is InChI=1S/C22H31N7OS/c1-16-10-17(2)15-29(14-16)20-11-19(28-6-8-30-9-7-28)25-21(26-20)27-22(31)24-13-18-4-3-5-23-12-18/h3-5,11-12,16-17H,6-10,13-15H2,1-2H3,(H2,24,25,26,27,31)/t16-,17-/m0/s1. The molecule has 0 bridgehead atoms. The van der Waals surface area contributed by atoms with Gasteiger partial charge < -0.3 is 25.2 Å². The Labute approximate surface area is 189 Å². The third-order valence-electron chi connectivity index (χ3n) is 5.63. The Morgan fingerprint density at radius 2 is 1.84 bits per heavy atom. The number of hydrogen-bond acceptors (Lipinski definition) is 7. The molecule has 2 aromatic rings. The van der Waals surface area contributed by atoms with Crippen LogP contribution in [0.25, 0.3) is 0 Å². The number of rotatable bonds is 5. The summed E-state index contributed by atoms with van der Waals surface area (Å²) in [6.45, 7) is 10.3. The van der Waals surface area contributed by atoms with E-state index in [4.69, 9.17) is 26.9 Å². The van der Waals surface area contributed by atoms with Crippen molar-refractivity contribution in [3.63, 3.8) is 0 Å². The summed E-state index contributed by atoms with van der Waals surface area (Å²) in [5, 5.41) is 6.89. The zero-order valence-electron chi connectivity index (χ0n) is 18.3. The Morgan fingerprint density at radius 3 is 2.52 bits per heavy atom. The van der Waals surface area contributed by atoms with E-state index in [1.807, 2.05) is 18.3 Å². The molecular formula is C22H31N7OS. The van der Waals surface area contributed by atoms with Crippen molar-refractivity contribution in [1.82, 2.24) is 20.3 Å². The first-order chi connectivity index (χ1) is 15.1. The van der Waals surface area contributed by atoms with Gasteiger partial charge in [-0.25, -0.2) is 0 Å². The quantitative estimate of drug-likeness (QED) is 0.681. The Balaban J connectivity index is 1.51. The lowest BCUT2D eigenvalue weighted by Gasteiger charge is -2.36. The number of nitrogens with one attached hydrogen (secondary N) is 2. The lowest BCUT2D eigenvalue weighted by atomic mass is 9.92. The number of pyridine rings is 1. The minimum absolute atomic E-state index is 0.495. The van der Waals surface area contributed by atoms with E-state index in [1.54, 1.807) is 6.20 Å². The van der Waals surface area contributed by atoms with Crippen molar-refractivity contribution in [2.24, 2.45) is 11.8 Å². The summed E-state index contributed by atoms with van der Waals surface area (Å²) in [5.41, 5.74) is 1.06. The van der Waals surface area contributed by atoms with Gasteiger partial charge in [0.25, 0.3) is 0 Å². The van der Waals surface area contributed by atoms with Crippen LogP contribution in [0.3, 0.4) is 0 Å². The Morgan fingerprint density at radius 1 is 1.13 bits per heavy atom. The summed E-state index contributed by atoms with van der Waals surface area (Å²) >= 11 is 5.50. The van der Waals surface area contributed by atoms with Gasteiger partial charge in [0.2, 0.25) is 5.95 Å². The van der Waals surface area contributed by atoms with Crippen molar-refractivity contribution in [1.29, 1.82) is 0 Å². The average molecular weight is 442 g/mol. The lowest BCUT2D eigenvalue weighted by Crippen LogP contribution is -2.40. The molecule has 31 heavy (non-hydrogen) atoms. The first-order valence-corrected chi connectivity index (χ1v) is 11.4. The van der Waals surface area contributed by atoms with E-state index in [0.717, 1.165) is 43.4 Å². The van der Waals surface area contributed by atoms with E-state index < -0.39 is 0 Å². The van der Waals surface area contributed by atoms with E-state index in [0.29, 0.717) is 42.7 Å². The highest BCUT2D eigenvalue weighted by Crippen LogP contribution is 2.28. The van der Waals surface area contributed by atoms with Crippen molar-refractivity contribution in [3.05, 3.63) is 36.2 Å². The van der Waals surface area contributed by atoms with Crippen molar-refractivity contribution in [3.8, 4) is 0 Å². The fraction of sp³-hybridized carbons (Fsp3) is 0.545. The smallest absolute Gasteiger partial charge is 0.232 e. The maximum Gasteiger partial charge on any atom is 0.232 e. The molecule has 4 rings (SSSR count). The maximum absolute atomic E-state index is 5.52. The second-order valence-electron chi connectivity index (χ2n) is 8.53. The first kappa shape index (κ1) is 21.7. The molecule has 2 aromatic heterocycles. The third-order valence-corrected chi connectivity index (χ3v) is 5.87. The SMILES string of the molecule is C[C@H]1C[C@H](C)CN(c2cc(N3CCOCC3)nc(NC(=S)NCc3cccnc3)n2)C1. The Hall–Kier alpha value is -2.52. The van der Waals surface area contributed by atoms with E-state index in [9.17, 15) is 0 Å². The molecule has 0 unspecified atom stereocenters. The van der Waals surface area contributed by atoms with Gasteiger partial charge in [-0.05, 0) is 42.1 Å². The van der Waals surface area contributed by atoms with Crippen LogP contribution in [0.4, 0.5) is 17.6 Å². The van der Waals surface area contributed by atoms with E-state index >= 15 is 0 Å². The average Bonchev–Trinajstić information content (AvgIpc) is 2.78. The molecule has 0 amide bonds. The minimum atomic E-state index is 0.495. The van der Waals surface area contributed by atoms with E-state index in [2.05, 4.69) is 45.3 Å². The van der Waals surface area contributed by atoms with Crippen LogP contribution in [0.5, 0.6) is 0 Å². The molecule has 2 fully saturated rings. The molecule has 0 radical (unpaired) electrons. The molecule has 0 saturated carbocycles. The van der Waals surface area contributed by atoms with Crippen LogP contribution < -0.4 is 20.4 Å². The highest BCUT2D eigenvalue weighted by Gasteiger charge is 2.25. The van der Waals surface area contributed by atoms with Crippen molar-refractivity contribution < 1.29 is 4.74 Å². The number of nitrogens with zero attached hydrogens (tertiary/aromatic N) is 5. The molecule has 2 N–H and O–H groups in total. The summed E-state index contributed by atoms with van der Waals surface area (Å²) < 4.78 is 5.52. The molecule has 2 atom stereocenters. The third kappa shape index (κ3) is 6.01. The van der Waals surface area contributed by atoms with Gasteiger partial charge in [0, 0.05) is 51.2 Å². The van der Waals surface area contributed by atoms with Crippen LogP contribution in [0.1, 0.15) is 25.8 Å². The van der Waals surface area contributed by atoms with Crippen molar-refractivity contribution in [2.75, 3.05) is 54.5 Å². The lowest BCUT2D eigenvalue weighted by molar-refractivity contribution is 0.122. The summed E-state index contributed by atoms with van der Waals surface area (Å²) in [6, 6.07) is 6.03. The van der Waals surface area contributed by atoms with E-state index in [-0.39, 0.29) is 0 Å². The van der Waals surface area contributed by atoms with Crippen LogP contribution in [-0.2, 0) is 11.3 Å². The van der Waals surface area contributed by atoms with Gasteiger partial charge in [0.05, 0.1) is 13.2 Å². The fourth-order valence-electron chi connectivity index (χ4n) is 4.28. The molecule has 8 nitrogen and oxygen atoms in total. The molecule has 2 aliphatic rings. The molecule has 0 aromatic carbocycles.